The first-order valence-electron chi connectivity index (χ1n) is 7.09. The summed E-state index contributed by atoms with van der Waals surface area (Å²) >= 11 is 0. The molecule has 1 aromatic rings. The van der Waals surface area contributed by atoms with Crippen molar-refractivity contribution in [2.45, 2.75) is 39.2 Å². The zero-order valence-electron chi connectivity index (χ0n) is 11.6. The number of pyridine rings is 1. The van der Waals surface area contributed by atoms with Crippen LogP contribution in [0.4, 0.5) is 0 Å². The van der Waals surface area contributed by atoms with E-state index in [4.69, 9.17) is 5.73 Å². The SMILES string of the molecule is CCC1(CC)CCN(C(CN)c2ccccn2)C1. The van der Waals surface area contributed by atoms with Crippen molar-refractivity contribution >= 4 is 0 Å². The number of hydrogen-bond acceptors (Lipinski definition) is 3. The summed E-state index contributed by atoms with van der Waals surface area (Å²) in [5.41, 5.74) is 7.59. The first kappa shape index (κ1) is 13.5. The molecule has 2 N–H and O–H groups in total. The summed E-state index contributed by atoms with van der Waals surface area (Å²) in [5.74, 6) is 0. The van der Waals surface area contributed by atoms with Gasteiger partial charge in [-0.2, -0.15) is 0 Å². The first-order chi connectivity index (χ1) is 8.74. The van der Waals surface area contributed by atoms with Crippen molar-refractivity contribution in [3.63, 3.8) is 0 Å². The number of rotatable bonds is 5. The molecule has 100 valence electrons. The van der Waals surface area contributed by atoms with Crippen LogP contribution in [0.3, 0.4) is 0 Å². The maximum atomic E-state index is 5.97. The lowest BCUT2D eigenvalue weighted by molar-refractivity contribution is 0.195. The molecule has 1 aliphatic heterocycles. The quantitative estimate of drug-likeness (QED) is 0.869. The number of hydrogen-bond donors (Lipinski definition) is 1. The Hall–Kier alpha value is -0.930. The molecule has 0 aliphatic carbocycles. The Balaban J connectivity index is 2.12. The number of likely N-dealkylation sites (tertiary alicyclic amines) is 1. The summed E-state index contributed by atoms with van der Waals surface area (Å²) in [4.78, 5) is 7.00. The highest BCUT2D eigenvalue weighted by Gasteiger charge is 2.37. The van der Waals surface area contributed by atoms with Crippen LogP contribution in [0, 0.1) is 5.41 Å². The third-order valence-corrected chi connectivity index (χ3v) is 4.66. The molecule has 18 heavy (non-hydrogen) atoms. The zero-order valence-corrected chi connectivity index (χ0v) is 11.6. The van der Waals surface area contributed by atoms with Crippen molar-refractivity contribution in [2.24, 2.45) is 11.1 Å². The molecule has 1 aliphatic rings. The van der Waals surface area contributed by atoms with Gasteiger partial charge in [0.15, 0.2) is 0 Å². The molecule has 3 nitrogen and oxygen atoms in total. The fourth-order valence-corrected chi connectivity index (χ4v) is 3.09. The Morgan fingerprint density at radius 1 is 1.39 bits per heavy atom. The van der Waals surface area contributed by atoms with Gasteiger partial charge < -0.3 is 5.73 Å². The Labute approximate surface area is 110 Å². The van der Waals surface area contributed by atoms with Crippen LogP contribution >= 0.6 is 0 Å². The van der Waals surface area contributed by atoms with Gasteiger partial charge in [0.1, 0.15) is 0 Å². The van der Waals surface area contributed by atoms with Gasteiger partial charge in [0.2, 0.25) is 0 Å². The predicted octanol–water partition coefficient (Wildman–Crippen LogP) is 2.59. The minimum Gasteiger partial charge on any atom is -0.329 e. The van der Waals surface area contributed by atoms with E-state index in [1.165, 1.54) is 25.8 Å². The Kier molecular flexibility index (Phi) is 4.36. The van der Waals surface area contributed by atoms with E-state index >= 15 is 0 Å². The summed E-state index contributed by atoms with van der Waals surface area (Å²) in [5, 5.41) is 0. The minimum atomic E-state index is 0.283. The van der Waals surface area contributed by atoms with Crippen LogP contribution < -0.4 is 5.73 Å². The Morgan fingerprint density at radius 3 is 2.67 bits per heavy atom. The highest BCUT2D eigenvalue weighted by Crippen LogP contribution is 2.39. The topological polar surface area (TPSA) is 42.1 Å². The Bertz CT molecular complexity index is 359. The van der Waals surface area contributed by atoms with Crippen molar-refractivity contribution < 1.29 is 0 Å². The van der Waals surface area contributed by atoms with Crippen LogP contribution in [0.15, 0.2) is 24.4 Å². The largest absolute Gasteiger partial charge is 0.329 e. The molecular formula is C15H25N3. The lowest BCUT2D eigenvalue weighted by Gasteiger charge is -2.30. The van der Waals surface area contributed by atoms with Crippen LogP contribution in [-0.2, 0) is 0 Å². The molecule has 2 rings (SSSR count). The molecule has 0 aromatic carbocycles. The van der Waals surface area contributed by atoms with E-state index in [1.54, 1.807) is 0 Å². The summed E-state index contributed by atoms with van der Waals surface area (Å²) in [6, 6.07) is 6.39. The van der Waals surface area contributed by atoms with Crippen molar-refractivity contribution in [2.75, 3.05) is 19.6 Å². The van der Waals surface area contributed by atoms with E-state index in [9.17, 15) is 0 Å². The van der Waals surface area contributed by atoms with E-state index < -0.39 is 0 Å². The lowest BCUT2D eigenvalue weighted by atomic mass is 9.82. The maximum absolute atomic E-state index is 5.97. The second-order valence-corrected chi connectivity index (χ2v) is 5.43. The molecule has 1 aromatic heterocycles. The monoisotopic (exact) mass is 247 g/mol. The minimum absolute atomic E-state index is 0.283. The number of aromatic nitrogens is 1. The summed E-state index contributed by atoms with van der Waals surface area (Å²) < 4.78 is 0. The number of nitrogens with zero attached hydrogens (tertiary/aromatic N) is 2. The van der Waals surface area contributed by atoms with Crippen LogP contribution in [0.5, 0.6) is 0 Å². The molecule has 0 saturated carbocycles. The van der Waals surface area contributed by atoms with Gasteiger partial charge in [-0.1, -0.05) is 19.9 Å². The van der Waals surface area contributed by atoms with Crippen molar-refractivity contribution in [3.05, 3.63) is 30.1 Å². The molecule has 3 heteroatoms. The van der Waals surface area contributed by atoms with Gasteiger partial charge in [-0.15, -0.1) is 0 Å². The van der Waals surface area contributed by atoms with Gasteiger partial charge in [-0.25, -0.2) is 0 Å². The van der Waals surface area contributed by atoms with E-state index in [1.807, 2.05) is 18.3 Å². The molecule has 1 atom stereocenters. The van der Waals surface area contributed by atoms with Crippen LogP contribution in [0.1, 0.15) is 44.8 Å². The van der Waals surface area contributed by atoms with Gasteiger partial charge >= 0.3 is 0 Å². The molecule has 1 fully saturated rings. The third-order valence-electron chi connectivity index (χ3n) is 4.66. The van der Waals surface area contributed by atoms with Crippen molar-refractivity contribution in [1.82, 2.24) is 9.88 Å². The van der Waals surface area contributed by atoms with Gasteiger partial charge in [0, 0.05) is 19.3 Å². The number of nitrogens with two attached hydrogens (primary N) is 1. The molecule has 0 amide bonds. The van der Waals surface area contributed by atoms with E-state index in [0.717, 1.165) is 12.2 Å². The Morgan fingerprint density at radius 2 is 2.17 bits per heavy atom. The highest BCUT2D eigenvalue weighted by atomic mass is 15.2. The molecule has 2 heterocycles. The summed E-state index contributed by atoms with van der Waals surface area (Å²) in [6.07, 6.45) is 5.68. The third kappa shape index (κ3) is 2.57. The standard InChI is InChI=1S/C15H25N3/c1-3-15(4-2)8-10-18(12-15)14(11-16)13-7-5-6-9-17-13/h5-7,9,14H,3-4,8,10-12,16H2,1-2H3. The van der Waals surface area contributed by atoms with Crippen LogP contribution in [0.2, 0.25) is 0 Å². The molecule has 0 radical (unpaired) electrons. The maximum Gasteiger partial charge on any atom is 0.0644 e. The lowest BCUT2D eigenvalue weighted by Crippen LogP contribution is -2.34. The van der Waals surface area contributed by atoms with Gasteiger partial charge in [0.25, 0.3) is 0 Å². The summed E-state index contributed by atoms with van der Waals surface area (Å²) in [6.45, 7) is 7.59. The van der Waals surface area contributed by atoms with Crippen molar-refractivity contribution in [1.29, 1.82) is 0 Å². The highest BCUT2D eigenvalue weighted by molar-refractivity contribution is 5.10. The first-order valence-corrected chi connectivity index (χ1v) is 7.09. The van der Waals surface area contributed by atoms with Gasteiger partial charge in [-0.3, -0.25) is 9.88 Å². The van der Waals surface area contributed by atoms with E-state index in [2.05, 4.69) is 29.8 Å². The van der Waals surface area contributed by atoms with Crippen LogP contribution in [0.25, 0.3) is 0 Å². The fourth-order valence-electron chi connectivity index (χ4n) is 3.09. The molecule has 1 saturated heterocycles. The second-order valence-electron chi connectivity index (χ2n) is 5.43. The summed E-state index contributed by atoms with van der Waals surface area (Å²) in [7, 11) is 0. The van der Waals surface area contributed by atoms with Gasteiger partial charge in [0.05, 0.1) is 11.7 Å². The zero-order chi connectivity index (χ0) is 13.0. The molecule has 1 unspecified atom stereocenters. The van der Waals surface area contributed by atoms with Gasteiger partial charge in [-0.05, 0) is 43.4 Å². The van der Waals surface area contributed by atoms with E-state index in [0.29, 0.717) is 12.0 Å². The fraction of sp³-hybridized carbons (Fsp3) is 0.667. The molecule has 0 spiro atoms. The van der Waals surface area contributed by atoms with E-state index in [-0.39, 0.29) is 6.04 Å². The normalized spacial score (nSPS) is 21.1. The van der Waals surface area contributed by atoms with Crippen molar-refractivity contribution in [3.8, 4) is 0 Å². The average Bonchev–Trinajstić information content (AvgIpc) is 2.86. The van der Waals surface area contributed by atoms with Crippen LogP contribution in [-0.4, -0.2) is 29.5 Å². The molecular weight excluding hydrogens is 222 g/mol. The predicted molar refractivity (Wildman–Crippen MR) is 75.2 cm³/mol. The smallest absolute Gasteiger partial charge is 0.0644 e. The second kappa shape index (κ2) is 5.81. The molecule has 0 bridgehead atoms. The average molecular weight is 247 g/mol.